The van der Waals surface area contributed by atoms with Gasteiger partial charge in [0.25, 0.3) is 15.9 Å². The number of anilines is 1. The summed E-state index contributed by atoms with van der Waals surface area (Å²) in [5.74, 6) is -0.434. The molecule has 10 heteroatoms. The van der Waals surface area contributed by atoms with Gasteiger partial charge in [-0.15, -0.1) is 11.8 Å². The van der Waals surface area contributed by atoms with Crippen LogP contribution in [0.4, 0.5) is 5.69 Å². The molecule has 31 heavy (non-hydrogen) atoms. The summed E-state index contributed by atoms with van der Waals surface area (Å²) in [6.45, 7) is 5.22. The molecule has 2 aliphatic heterocycles. The summed E-state index contributed by atoms with van der Waals surface area (Å²) in [5.41, 5.74) is 0.912. The van der Waals surface area contributed by atoms with E-state index in [9.17, 15) is 18.3 Å². The molecular weight excluding hydrogens is 438 g/mol. The molecule has 3 aliphatic rings. The van der Waals surface area contributed by atoms with Crippen molar-refractivity contribution in [1.82, 2.24) is 9.62 Å². The van der Waals surface area contributed by atoms with Crippen LogP contribution >= 0.6 is 11.8 Å². The van der Waals surface area contributed by atoms with Gasteiger partial charge in [0.2, 0.25) is 0 Å². The first-order valence-corrected chi connectivity index (χ1v) is 12.4. The van der Waals surface area contributed by atoms with Crippen LogP contribution < -0.4 is 10.6 Å². The third-order valence-electron chi connectivity index (χ3n) is 5.66. The number of thioether (sulfide) groups is 1. The van der Waals surface area contributed by atoms with Crippen molar-refractivity contribution in [1.29, 1.82) is 0 Å². The van der Waals surface area contributed by atoms with Crippen LogP contribution in [0.25, 0.3) is 0 Å². The van der Waals surface area contributed by atoms with E-state index in [-0.39, 0.29) is 28.0 Å². The third kappa shape index (κ3) is 4.53. The number of fused-ring (bicyclic) bond motifs is 1. The molecule has 0 bridgehead atoms. The zero-order valence-corrected chi connectivity index (χ0v) is 18.9. The van der Waals surface area contributed by atoms with E-state index < -0.39 is 16.3 Å². The third-order valence-corrected chi connectivity index (χ3v) is 8.79. The molecule has 0 aromatic heterocycles. The molecule has 166 valence electrons. The average Bonchev–Trinajstić information content (AvgIpc) is 2.76. The molecule has 4 rings (SSSR count). The van der Waals surface area contributed by atoms with Gasteiger partial charge in [0.15, 0.2) is 0 Å². The topological polar surface area (TPSA) is 108 Å². The number of carbonyl (C=O) groups excluding carboxylic acids is 1. The Hall–Kier alpha value is -1.87. The van der Waals surface area contributed by atoms with E-state index in [1.165, 1.54) is 16.4 Å². The fourth-order valence-electron chi connectivity index (χ4n) is 3.79. The van der Waals surface area contributed by atoms with Crippen LogP contribution in [0.2, 0.25) is 0 Å². The van der Waals surface area contributed by atoms with Crippen LogP contribution in [0.3, 0.4) is 0 Å². The largest absolute Gasteiger partial charge is 0.379 e. The van der Waals surface area contributed by atoms with E-state index in [0.29, 0.717) is 37.6 Å². The molecule has 1 aromatic carbocycles. The lowest BCUT2D eigenvalue weighted by molar-refractivity contribution is -0.113. The molecule has 1 aromatic rings. The molecular formula is C21H25N3O5S2. The first kappa shape index (κ1) is 22.3. The highest BCUT2D eigenvalue weighted by Crippen LogP contribution is 2.39. The number of morpholine rings is 1. The number of aliphatic hydroxyl groups is 1. The van der Waals surface area contributed by atoms with Crippen molar-refractivity contribution in [3.05, 3.63) is 46.9 Å². The van der Waals surface area contributed by atoms with Gasteiger partial charge in [-0.05, 0) is 31.2 Å². The monoisotopic (exact) mass is 463 g/mol. The number of ether oxygens (including phenoxy) is 1. The molecule has 8 nitrogen and oxygen atoms in total. The lowest BCUT2D eigenvalue weighted by Crippen LogP contribution is -2.52. The van der Waals surface area contributed by atoms with Crippen LogP contribution in [0.15, 0.2) is 39.7 Å². The van der Waals surface area contributed by atoms with Crippen LogP contribution in [0.5, 0.6) is 0 Å². The second-order valence-corrected chi connectivity index (χ2v) is 11.1. The van der Waals surface area contributed by atoms with Crippen molar-refractivity contribution in [2.75, 3.05) is 31.6 Å². The van der Waals surface area contributed by atoms with E-state index in [0.717, 1.165) is 4.91 Å². The summed E-state index contributed by atoms with van der Waals surface area (Å²) in [5, 5.41) is 16.1. The Morgan fingerprint density at radius 1 is 1.26 bits per heavy atom. The van der Waals surface area contributed by atoms with Crippen LogP contribution in [0.1, 0.15) is 13.8 Å². The number of allylic oxidation sites excluding steroid dienone is 2. The van der Waals surface area contributed by atoms with Crippen LogP contribution in [0, 0.1) is 18.1 Å². The van der Waals surface area contributed by atoms with Crippen LogP contribution in [-0.4, -0.2) is 67.6 Å². The highest BCUT2D eigenvalue weighted by molar-refractivity contribution is 8.03. The predicted octanol–water partition coefficient (Wildman–Crippen LogP) is 1.12. The second kappa shape index (κ2) is 8.94. The number of hydrogen-bond donors (Lipinski definition) is 3. The molecule has 4 unspecified atom stereocenters. The molecule has 2 fully saturated rings. The molecule has 0 radical (unpaired) electrons. The van der Waals surface area contributed by atoms with Crippen LogP contribution in [-0.2, 0) is 19.6 Å². The summed E-state index contributed by atoms with van der Waals surface area (Å²) < 4.78 is 31.9. The maximum atomic E-state index is 12.8. The Morgan fingerprint density at radius 3 is 2.68 bits per heavy atom. The molecule has 3 N–H and O–H groups in total. The second-order valence-electron chi connectivity index (χ2n) is 7.72. The summed E-state index contributed by atoms with van der Waals surface area (Å²) >= 11 is 1.61. The summed E-state index contributed by atoms with van der Waals surface area (Å²) in [4.78, 5) is 14.0. The average molecular weight is 464 g/mol. The zero-order valence-electron chi connectivity index (χ0n) is 17.3. The number of nitrogens with zero attached hydrogens (tertiary/aromatic N) is 1. The summed E-state index contributed by atoms with van der Waals surface area (Å²) in [6, 6.07) is 8.21. The van der Waals surface area contributed by atoms with E-state index in [2.05, 4.69) is 22.8 Å². The van der Waals surface area contributed by atoms with Crippen molar-refractivity contribution in [2.24, 2.45) is 5.92 Å². The van der Waals surface area contributed by atoms with Crippen molar-refractivity contribution < 1.29 is 23.1 Å². The van der Waals surface area contributed by atoms with E-state index in [1.807, 2.05) is 19.9 Å². The summed E-state index contributed by atoms with van der Waals surface area (Å²) in [7, 11) is -3.66. The van der Waals surface area contributed by atoms with Crippen molar-refractivity contribution in [2.45, 2.75) is 36.3 Å². The molecule has 0 spiro atoms. The normalized spacial score (nSPS) is 29.3. The number of sulfonamides is 1. The SMILES string of the molecule is CC1SC2=CC=C(C(=O)Nc3c#cc(S(=O)(=O)N4CCOCC4)cc3)C(C)C2NC1O. The van der Waals surface area contributed by atoms with Crippen molar-refractivity contribution in [3.63, 3.8) is 0 Å². The minimum Gasteiger partial charge on any atom is -0.379 e. The summed E-state index contributed by atoms with van der Waals surface area (Å²) in [6.07, 6.45) is 3.07. The molecule has 2 heterocycles. The predicted molar refractivity (Wildman–Crippen MR) is 118 cm³/mol. The van der Waals surface area contributed by atoms with Gasteiger partial charge in [-0.2, -0.15) is 4.31 Å². The Kier molecular flexibility index (Phi) is 6.44. The first-order chi connectivity index (χ1) is 14.8. The molecule has 4 atom stereocenters. The number of carbonyl (C=O) groups is 1. The quantitative estimate of drug-likeness (QED) is 0.614. The Bertz CT molecular complexity index is 1000. The number of aliphatic hydroxyl groups excluding tert-OH is 1. The Balaban J connectivity index is 1.45. The maximum absolute atomic E-state index is 12.8. The van der Waals surface area contributed by atoms with Gasteiger partial charge >= 0.3 is 0 Å². The number of amides is 1. The highest BCUT2D eigenvalue weighted by atomic mass is 32.2. The van der Waals surface area contributed by atoms with Gasteiger partial charge in [-0.1, -0.05) is 19.1 Å². The standard InChI is InChI=1S/C21H25N3O5S2/c1-13-17(7-8-18-19(13)23-20(25)14(2)30-18)21(26)22-15-3-5-16(6-4-15)31(27,28)24-9-11-29-12-10-24/h3,5,7-8,13-14,19-20,23,25H,9-12H2,1-2H3,(H,22,26). The zero-order chi connectivity index (χ0) is 22.2. The molecule has 1 amide bonds. The minimum atomic E-state index is -3.66. The molecule has 0 saturated carbocycles. The molecule has 2 saturated heterocycles. The van der Waals surface area contributed by atoms with Crippen molar-refractivity contribution in [3.8, 4) is 0 Å². The van der Waals surface area contributed by atoms with E-state index in [1.54, 1.807) is 17.8 Å². The fraction of sp³-hybridized carbons (Fsp3) is 0.476. The van der Waals surface area contributed by atoms with Gasteiger partial charge < -0.3 is 15.2 Å². The van der Waals surface area contributed by atoms with Gasteiger partial charge in [0.05, 0.1) is 18.9 Å². The number of rotatable bonds is 4. The van der Waals surface area contributed by atoms with Crippen molar-refractivity contribution >= 4 is 33.4 Å². The maximum Gasteiger partial charge on any atom is 0.252 e. The lowest BCUT2D eigenvalue weighted by Gasteiger charge is -2.39. The fourth-order valence-corrected chi connectivity index (χ4v) is 6.32. The smallest absolute Gasteiger partial charge is 0.252 e. The Labute approximate surface area is 186 Å². The first-order valence-electron chi connectivity index (χ1n) is 10.1. The number of nitrogens with one attached hydrogen (secondary N) is 2. The minimum absolute atomic E-state index is 0.0109. The van der Waals surface area contributed by atoms with Gasteiger partial charge in [0, 0.05) is 40.8 Å². The van der Waals surface area contributed by atoms with Gasteiger partial charge in [-0.25, -0.2) is 8.42 Å². The Morgan fingerprint density at radius 2 is 2.00 bits per heavy atom. The lowest BCUT2D eigenvalue weighted by atomic mass is 9.87. The number of hydrogen-bond acceptors (Lipinski definition) is 7. The molecule has 1 aliphatic carbocycles. The van der Waals surface area contributed by atoms with Gasteiger partial charge in [0.1, 0.15) is 11.1 Å². The highest BCUT2D eigenvalue weighted by Gasteiger charge is 2.37. The van der Waals surface area contributed by atoms with Gasteiger partial charge in [-0.3, -0.25) is 10.1 Å². The van der Waals surface area contributed by atoms with E-state index >= 15 is 0 Å². The van der Waals surface area contributed by atoms with E-state index in [4.69, 9.17) is 4.74 Å².